The van der Waals surface area contributed by atoms with E-state index in [1.165, 1.54) is 6.07 Å². The molecule has 0 amide bonds. The smallest absolute Gasteiger partial charge is 0.229 e. The standard InChI is InChI=1S/C27H20Cl3F2N3O2/c28-18-4-2-17(3-5-18)24-25(20-7-6-19(29)14-21(20)30)33-27(35-9-11-36-12-10-35)34-26(24)37-15-16-1-8-22(31)23(32)13-16/h1-8,13-14H,9-12,15H2. The maximum atomic E-state index is 13.8. The maximum absolute atomic E-state index is 13.8. The van der Waals surface area contributed by atoms with E-state index in [0.29, 0.717) is 69.7 Å². The molecule has 1 fully saturated rings. The fourth-order valence-corrected chi connectivity index (χ4v) is 4.60. The summed E-state index contributed by atoms with van der Waals surface area (Å²) in [5.74, 6) is -1.20. The van der Waals surface area contributed by atoms with Gasteiger partial charge in [0.2, 0.25) is 11.8 Å². The summed E-state index contributed by atoms with van der Waals surface area (Å²) in [5.41, 5.74) is 2.91. The van der Waals surface area contributed by atoms with Gasteiger partial charge in [-0.3, -0.25) is 0 Å². The third-order valence-electron chi connectivity index (χ3n) is 5.84. The molecule has 1 aliphatic rings. The van der Waals surface area contributed by atoms with E-state index >= 15 is 0 Å². The fourth-order valence-electron chi connectivity index (χ4n) is 3.97. The number of morpholine rings is 1. The summed E-state index contributed by atoms with van der Waals surface area (Å²) >= 11 is 18.9. The van der Waals surface area contributed by atoms with Crippen molar-refractivity contribution < 1.29 is 18.3 Å². The van der Waals surface area contributed by atoms with Crippen LogP contribution in [0.15, 0.2) is 60.7 Å². The van der Waals surface area contributed by atoms with Crippen molar-refractivity contribution in [1.82, 2.24) is 9.97 Å². The first-order valence-electron chi connectivity index (χ1n) is 11.4. The van der Waals surface area contributed by atoms with Crippen LogP contribution >= 0.6 is 34.8 Å². The summed E-state index contributed by atoms with van der Waals surface area (Å²) in [7, 11) is 0. The molecule has 1 saturated heterocycles. The molecule has 0 atom stereocenters. The van der Waals surface area contributed by atoms with Gasteiger partial charge in [0.1, 0.15) is 6.61 Å². The lowest BCUT2D eigenvalue weighted by atomic mass is 10.00. The summed E-state index contributed by atoms with van der Waals surface area (Å²) in [6.45, 7) is 2.20. The van der Waals surface area contributed by atoms with E-state index in [2.05, 4.69) is 0 Å². The molecule has 4 aromatic rings. The molecule has 0 saturated carbocycles. The van der Waals surface area contributed by atoms with Crippen molar-refractivity contribution in [2.45, 2.75) is 6.61 Å². The molecule has 0 N–H and O–H groups in total. The number of hydrogen-bond donors (Lipinski definition) is 0. The van der Waals surface area contributed by atoms with Crippen LogP contribution in [0.4, 0.5) is 14.7 Å². The van der Waals surface area contributed by atoms with Gasteiger partial charge in [0.25, 0.3) is 0 Å². The first kappa shape index (κ1) is 25.7. The predicted molar refractivity (Wildman–Crippen MR) is 142 cm³/mol. The van der Waals surface area contributed by atoms with Crippen LogP contribution in [0.2, 0.25) is 15.1 Å². The van der Waals surface area contributed by atoms with E-state index in [1.54, 1.807) is 30.3 Å². The Morgan fingerprint density at radius 2 is 1.57 bits per heavy atom. The Morgan fingerprint density at radius 1 is 0.838 bits per heavy atom. The van der Waals surface area contributed by atoms with Gasteiger partial charge in [-0.2, -0.15) is 4.98 Å². The third-order valence-corrected chi connectivity index (χ3v) is 6.64. The van der Waals surface area contributed by atoms with Gasteiger partial charge >= 0.3 is 0 Å². The summed E-state index contributed by atoms with van der Waals surface area (Å²) in [4.78, 5) is 11.7. The van der Waals surface area contributed by atoms with Crippen LogP contribution in [0, 0.1) is 11.6 Å². The quantitative estimate of drug-likeness (QED) is 0.244. The molecular formula is C27H20Cl3F2N3O2. The first-order chi connectivity index (χ1) is 17.9. The summed E-state index contributed by atoms with van der Waals surface area (Å²) < 4.78 is 39.0. The van der Waals surface area contributed by atoms with E-state index in [9.17, 15) is 8.78 Å². The largest absolute Gasteiger partial charge is 0.472 e. The molecule has 0 aliphatic carbocycles. The Balaban J connectivity index is 1.68. The number of ether oxygens (including phenoxy) is 2. The minimum Gasteiger partial charge on any atom is -0.472 e. The van der Waals surface area contributed by atoms with Crippen molar-refractivity contribution in [3.05, 3.63) is 92.9 Å². The average Bonchev–Trinajstić information content (AvgIpc) is 2.90. The van der Waals surface area contributed by atoms with Gasteiger partial charge in [0.05, 0.1) is 29.5 Å². The van der Waals surface area contributed by atoms with E-state index < -0.39 is 11.6 Å². The number of halogens is 5. The Bertz CT molecular complexity index is 1430. The van der Waals surface area contributed by atoms with Gasteiger partial charge in [0, 0.05) is 28.7 Å². The van der Waals surface area contributed by atoms with Crippen molar-refractivity contribution >= 4 is 40.8 Å². The molecule has 5 nitrogen and oxygen atoms in total. The molecule has 3 aromatic carbocycles. The van der Waals surface area contributed by atoms with Crippen molar-refractivity contribution in [3.8, 4) is 28.3 Å². The Hall–Kier alpha value is -2.97. The van der Waals surface area contributed by atoms with Crippen LogP contribution in [-0.4, -0.2) is 36.3 Å². The molecule has 1 aliphatic heterocycles. The highest BCUT2D eigenvalue weighted by Crippen LogP contribution is 2.42. The van der Waals surface area contributed by atoms with Crippen molar-refractivity contribution in [3.63, 3.8) is 0 Å². The lowest BCUT2D eigenvalue weighted by molar-refractivity contribution is 0.122. The number of anilines is 1. The molecule has 0 spiro atoms. The Kier molecular flexibility index (Phi) is 7.76. The molecule has 2 heterocycles. The number of hydrogen-bond acceptors (Lipinski definition) is 5. The van der Waals surface area contributed by atoms with Crippen molar-refractivity contribution in [2.75, 3.05) is 31.2 Å². The minimum atomic E-state index is -0.954. The minimum absolute atomic E-state index is 0.0505. The number of aromatic nitrogens is 2. The topological polar surface area (TPSA) is 47.5 Å². The van der Waals surface area contributed by atoms with Crippen LogP contribution in [-0.2, 0) is 11.3 Å². The molecule has 10 heteroatoms. The van der Waals surface area contributed by atoms with Gasteiger partial charge in [-0.1, -0.05) is 53.0 Å². The molecule has 0 bridgehead atoms. The molecule has 37 heavy (non-hydrogen) atoms. The second kappa shape index (κ2) is 11.2. The van der Waals surface area contributed by atoms with Gasteiger partial charge in [0.15, 0.2) is 11.6 Å². The SMILES string of the molecule is Fc1ccc(COc2nc(N3CCOCC3)nc(-c3ccc(Cl)cc3Cl)c2-c2ccc(Cl)cc2)cc1F. The summed E-state index contributed by atoms with van der Waals surface area (Å²) in [5, 5.41) is 1.45. The molecule has 190 valence electrons. The van der Waals surface area contributed by atoms with Crippen LogP contribution in [0.25, 0.3) is 22.4 Å². The zero-order valence-corrected chi connectivity index (χ0v) is 21.6. The van der Waals surface area contributed by atoms with Crippen LogP contribution in [0.1, 0.15) is 5.56 Å². The van der Waals surface area contributed by atoms with Crippen molar-refractivity contribution in [2.24, 2.45) is 0 Å². The Morgan fingerprint density at radius 3 is 2.27 bits per heavy atom. The molecular weight excluding hydrogens is 543 g/mol. The van der Waals surface area contributed by atoms with E-state index in [0.717, 1.165) is 17.7 Å². The van der Waals surface area contributed by atoms with Gasteiger partial charge in [-0.05, 0) is 53.6 Å². The predicted octanol–water partition coefficient (Wildman–Crippen LogP) is 7.46. The third kappa shape index (κ3) is 5.80. The fraction of sp³-hybridized carbons (Fsp3) is 0.185. The van der Waals surface area contributed by atoms with Gasteiger partial charge < -0.3 is 14.4 Å². The monoisotopic (exact) mass is 561 g/mol. The second-order valence-electron chi connectivity index (χ2n) is 8.32. The summed E-state index contributed by atoms with van der Waals surface area (Å²) in [6, 6.07) is 15.9. The number of rotatable bonds is 6. The highest BCUT2D eigenvalue weighted by atomic mass is 35.5. The summed E-state index contributed by atoms with van der Waals surface area (Å²) in [6.07, 6.45) is 0. The van der Waals surface area contributed by atoms with E-state index in [4.69, 9.17) is 54.2 Å². The van der Waals surface area contributed by atoms with Crippen LogP contribution in [0.3, 0.4) is 0 Å². The second-order valence-corrected chi connectivity index (χ2v) is 9.60. The van der Waals surface area contributed by atoms with Gasteiger partial charge in [-0.15, -0.1) is 0 Å². The first-order valence-corrected chi connectivity index (χ1v) is 12.6. The zero-order valence-electron chi connectivity index (χ0n) is 19.4. The molecule has 5 rings (SSSR count). The molecule has 0 unspecified atom stereocenters. The zero-order chi connectivity index (χ0) is 25.9. The molecule has 1 aromatic heterocycles. The van der Waals surface area contributed by atoms with E-state index in [-0.39, 0.29) is 12.5 Å². The number of benzene rings is 3. The van der Waals surface area contributed by atoms with Crippen LogP contribution < -0.4 is 9.64 Å². The lowest BCUT2D eigenvalue weighted by Crippen LogP contribution is -2.37. The van der Waals surface area contributed by atoms with Gasteiger partial charge in [-0.25, -0.2) is 13.8 Å². The van der Waals surface area contributed by atoms with E-state index in [1.807, 2.05) is 17.0 Å². The highest BCUT2D eigenvalue weighted by Gasteiger charge is 2.24. The normalized spacial score (nSPS) is 13.6. The lowest BCUT2D eigenvalue weighted by Gasteiger charge is -2.28. The number of nitrogens with zero attached hydrogens (tertiary/aromatic N) is 3. The average molecular weight is 563 g/mol. The maximum Gasteiger partial charge on any atom is 0.229 e. The highest BCUT2D eigenvalue weighted by molar-refractivity contribution is 6.36. The van der Waals surface area contributed by atoms with Crippen molar-refractivity contribution in [1.29, 1.82) is 0 Å². The Labute approximate surface area is 227 Å². The molecule has 0 radical (unpaired) electrons. The van der Waals surface area contributed by atoms with Crippen LogP contribution in [0.5, 0.6) is 5.88 Å².